The minimum absolute atomic E-state index is 0.377. The van der Waals surface area contributed by atoms with Crippen LogP contribution in [0.4, 0.5) is 0 Å². The average molecular weight is 479 g/mol. The van der Waals surface area contributed by atoms with E-state index in [1.807, 2.05) is 42.0 Å². The van der Waals surface area contributed by atoms with E-state index in [-0.39, 0.29) is 0 Å². The van der Waals surface area contributed by atoms with Crippen molar-refractivity contribution in [3.63, 3.8) is 0 Å². The van der Waals surface area contributed by atoms with Crippen LogP contribution in [0.15, 0.2) is 42.0 Å². The van der Waals surface area contributed by atoms with Gasteiger partial charge in [-0.05, 0) is 55.4 Å². The highest BCUT2D eigenvalue weighted by molar-refractivity contribution is 5.97. The number of rotatable bonds is 8. The van der Waals surface area contributed by atoms with E-state index >= 15 is 0 Å². The molecule has 1 aromatic carbocycles. The Hall–Kier alpha value is -3.13. The van der Waals surface area contributed by atoms with Gasteiger partial charge in [0.1, 0.15) is 11.5 Å². The summed E-state index contributed by atoms with van der Waals surface area (Å²) in [5.74, 6) is 2.74. The van der Waals surface area contributed by atoms with E-state index in [9.17, 15) is 4.79 Å². The zero-order valence-corrected chi connectivity index (χ0v) is 20.8. The minimum Gasteiger partial charge on any atom is -0.495 e. The van der Waals surface area contributed by atoms with Crippen molar-refractivity contribution in [2.45, 2.75) is 51.2 Å². The van der Waals surface area contributed by atoms with Crippen LogP contribution in [-0.2, 0) is 14.4 Å². The van der Waals surface area contributed by atoms with Gasteiger partial charge >= 0.3 is 0 Å². The molecule has 3 aliphatic rings. The molecule has 0 saturated heterocycles. The lowest BCUT2D eigenvalue weighted by atomic mass is 9.68. The van der Waals surface area contributed by atoms with Crippen molar-refractivity contribution in [1.82, 2.24) is 14.5 Å². The molecule has 3 atom stereocenters. The maximum absolute atomic E-state index is 12.1. The molecule has 0 radical (unpaired) electrons. The Balaban J connectivity index is 1.36. The van der Waals surface area contributed by atoms with Crippen molar-refractivity contribution in [1.29, 1.82) is 0 Å². The highest BCUT2D eigenvalue weighted by Gasteiger charge is 2.52. The van der Waals surface area contributed by atoms with Gasteiger partial charge in [-0.2, -0.15) is 0 Å². The van der Waals surface area contributed by atoms with Crippen LogP contribution >= 0.6 is 0 Å². The molecule has 2 heterocycles. The van der Waals surface area contributed by atoms with Crippen molar-refractivity contribution in [2.75, 3.05) is 27.4 Å². The third kappa shape index (κ3) is 4.85. The summed E-state index contributed by atoms with van der Waals surface area (Å²) >= 11 is 0. The summed E-state index contributed by atoms with van der Waals surface area (Å²) in [5, 5.41) is 4.53. The Kier molecular flexibility index (Phi) is 6.65. The number of methoxy groups -OCH3 is 2. The number of amidine groups is 1. The SMILES string of the molecule is COCCCN1C(/C=C/c2ccc(-n3cnc(C)c3)c(OC)c2)=NOC12C[C@@H]1CC(=O)C[C@@H](C1)C2. The lowest BCUT2D eigenvalue weighted by Crippen LogP contribution is -2.54. The highest BCUT2D eigenvalue weighted by atomic mass is 16.7. The van der Waals surface area contributed by atoms with E-state index in [1.54, 1.807) is 20.5 Å². The van der Waals surface area contributed by atoms with Gasteiger partial charge in [0, 0.05) is 52.1 Å². The van der Waals surface area contributed by atoms with Crippen LogP contribution in [0, 0.1) is 18.8 Å². The number of oxime groups is 1. The van der Waals surface area contributed by atoms with Crippen molar-refractivity contribution < 1.29 is 19.1 Å². The molecule has 8 nitrogen and oxygen atoms in total. The van der Waals surface area contributed by atoms with E-state index in [4.69, 9.17) is 14.3 Å². The normalized spacial score (nSPS) is 25.9. The van der Waals surface area contributed by atoms with Crippen LogP contribution in [0.3, 0.4) is 0 Å². The summed E-state index contributed by atoms with van der Waals surface area (Å²) in [5.41, 5.74) is 2.45. The van der Waals surface area contributed by atoms with Gasteiger partial charge in [0.05, 0.1) is 24.8 Å². The minimum atomic E-state index is -0.456. The summed E-state index contributed by atoms with van der Waals surface area (Å²) < 4.78 is 12.9. The number of hydrogen-bond donors (Lipinski definition) is 0. The van der Waals surface area contributed by atoms with Crippen molar-refractivity contribution in [2.24, 2.45) is 17.0 Å². The van der Waals surface area contributed by atoms with Gasteiger partial charge in [0.25, 0.3) is 0 Å². The van der Waals surface area contributed by atoms with Crippen LogP contribution in [0.1, 0.15) is 49.8 Å². The smallest absolute Gasteiger partial charge is 0.212 e. The highest BCUT2D eigenvalue weighted by Crippen LogP contribution is 2.48. The zero-order valence-electron chi connectivity index (χ0n) is 20.8. The number of Topliss-reactive ketones (excluding diaryl/α,β-unsaturated/α-hetero) is 1. The maximum atomic E-state index is 12.1. The number of fused-ring (bicyclic) bond motifs is 2. The number of aromatic nitrogens is 2. The number of aryl methyl sites for hydroxylation is 1. The monoisotopic (exact) mass is 478 g/mol. The second-order valence-electron chi connectivity index (χ2n) is 9.99. The first-order valence-electron chi connectivity index (χ1n) is 12.4. The van der Waals surface area contributed by atoms with Crippen LogP contribution in [0.2, 0.25) is 0 Å². The molecule has 0 amide bonds. The molecule has 8 heteroatoms. The van der Waals surface area contributed by atoms with Crippen LogP contribution in [-0.4, -0.2) is 59.2 Å². The summed E-state index contributed by atoms with van der Waals surface area (Å²) in [7, 11) is 3.40. The molecule has 0 N–H and O–H groups in total. The predicted molar refractivity (Wildman–Crippen MR) is 133 cm³/mol. The lowest BCUT2D eigenvalue weighted by Gasteiger charge is -2.47. The Morgan fingerprint density at radius 3 is 2.69 bits per heavy atom. The lowest BCUT2D eigenvalue weighted by molar-refractivity contribution is -0.159. The number of ether oxygens (including phenoxy) is 2. The van der Waals surface area contributed by atoms with E-state index < -0.39 is 5.72 Å². The molecular formula is C27H34N4O4. The van der Waals surface area contributed by atoms with Gasteiger partial charge in [-0.15, -0.1) is 0 Å². The van der Waals surface area contributed by atoms with Gasteiger partial charge in [-0.25, -0.2) is 4.98 Å². The fraction of sp³-hybridized carbons (Fsp3) is 0.519. The zero-order chi connectivity index (χ0) is 24.4. The van der Waals surface area contributed by atoms with Crippen molar-refractivity contribution >= 4 is 17.7 Å². The topological polar surface area (TPSA) is 78.2 Å². The first kappa shape index (κ1) is 23.6. The number of carbonyl (C=O) groups is 1. The van der Waals surface area contributed by atoms with Crippen molar-refractivity contribution in [3.8, 4) is 11.4 Å². The van der Waals surface area contributed by atoms with Gasteiger partial charge in [0.2, 0.25) is 5.72 Å². The molecule has 2 aliphatic carbocycles. The van der Waals surface area contributed by atoms with Gasteiger partial charge in [-0.3, -0.25) is 4.79 Å². The van der Waals surface area contributed by atoms with E-state index in [2.05, 4.69) is 21.1 Å². The summed E-state index contributed by atoms with van der Waals surface area (Å²) in [4.78, 5) is 25.0. The van der Waals surface area contributed by atoms with Gasteiger partial charge in [-0.1, -0.05) is 17.3 Å². The standard InChI is InChI=1S/C27H34N4O4/c1-19-17-30(18-28-19)24-7-5-20(14-25(24)34-3)6-8-26-29-35-27(31(26)9-4-10-33-2)15-21-11-22(16-27)13-23(32)12-21/h5-8,14,17-18,21-22H,4,9-13,15-16H2,1-3H3/b8-6+/t21-,22+,27?. The molecule has 1 aliphatic heterocycles. The third-order valence-electron chi connectivity index (χ3n) is 7.34. The number of ketones is 1. The number of imidazole rings is 1. The summed E-state index contributed by atoms with van der Waals surface area (Å²) in [6, 6.07) is 6.10. The van der Waals surface area contributed by atoms with Crippen LogP contribution in [0.5, 0.6) is 5.75 Å². The quantitative estimate of drug-likeness (QED) is 0.525. The molecule has 2 aromatic rings. The molecule has 5 rings (SSSR count). The first-order valence-corrected chi connectivity index (χ1v) is 12.4. The molecular weight excluding hydrogens is 444 g/mol. The predicted octanol–water partition coefficient (Wildman–Crippen LogP) is 4.36. The molecule has 2 saturated carbocycles. The average Bonchev–Trinajstić information content (AvgIpc) is 3.40. The Morgan fingerprint density at radius 1 is 1.20 bits per heavy atom. The second-order valence-corrected chi connectivity index (χ2v) is 9.99. The Labute approximate surface area is 206 Å². The van der Waals surface area contributed by atoms with Crippen molar-refractivity contribution in [3.05, 3.63) is 48.1 Å². The number of nitrogens with zero attached hydrogens (tertiary/aromatic N) is 4. The molecule has 1 aromatic heterocycles. The largest absolute Gasteiger partial charge is 0.495 e. The molecule has 35 heavy (non-hydrogen) atoms. The van der Waals surface area contributed by atoms with Crippen LogP contribution in [0.25, 0.3) is 11.8 Å². The molecule has 1 unspecified atom stereocenters. The third-order valence-corrected chi connectivity index (χ3v) is 7.34. The Bertz CT molecular complexity index is 1120. The fourth-order valence-corrected chi connectivity index (χ4v) is 5.94. The maximum Gasteiger partial charge on any atom is 0.212 e. The van der Waals surface area contributed by atoms with E-state index in [0.717, 1.165) is 60.8 Å². The molecule has 1 spiro atoms. The van der Waals surface area contributed by atoms with Gasteiger partial charge in [0.15, 0.2) is 5.84 Å². The second kappa shape index (κ2) is 9.85. The number of benzene rings is 1. The fourth-order valence-electron chi connectivity index (χ4n) is 5.94. The number of hydrogen-bond acceptors (Lipinski definition) is 7. The number of carbonyl (C=O) groups excluding carboxylic acids is 1. The molecule has 2 fully saturated rings. The van der Waals surface area contributed by atoms with Gasteiger partial charge < -0.3 is 23.8 Å². The van der Waals surface area contributed by atoms with E-state index in [1.165, 1.54) is 0 Å². The van der Waals surface area contributed by atoms with E-state index in [0.29, 0.717) is 37.1 Å². The summed E-state index contributed by atoms with van der Waals surface area (Å²) in [6.45, 7) is 3.45. The molecule has 2 bridgehead atoms. The first-order chi connectivity index (χ1) is 17.0. The molecule has 186 valence electrons. The summed E-state index contributed by atoms with van der Waals surface area (Å²) in [6.07, 6.45) is 12.9. The Morgan fingerprint density at radius 2 is 2.00 bits per heavy atom. The van der Waals surface area contributed by atoms with Crippen LogP contribution < -0.4 is 4.74 Å².